The van der Waals surface area contributed by atoms with Crippen molar-refractivity contribution in [3.63, 3.8) is 0 Å². The predicted molar refractivity (Wildman–Crippen MR) is 99.2 cm³/mol. The van der Waals surface area contributed by atoms with Gasteiger partial charge in [-0.2, -0.15) is 0 Å². The van der Waals surface area contributed by atoms with Gasteiger partial charge in [0, 0.05) is 6.21 Å². The molecule has 0 aliphatic heterocycles. The first-order valence-corrected chi connectivity index (χ1v) is 8.67. The summed E-state index contributed by atoms with van der Waals surface area (Å²) in [5, 5.41) is 0. The van der Waals surface area contributed by atoms with Gasteiger partial charge < -0.3 is 4.74 Å². The first kappa shape index (κ1) is 17.3. The number of rotatable bonds is 9. The van der Waals surface area contributed by atoms with Gasteiger partial charge in [0.2, 0.25) is 0 Å². The number of nitrogens with zero attached hydrogens (tertiary/aromatic N) is 1. The van der Waals surface area contributed by atoms with Crippen molar-refractivity contribution in [3.05, 3.63) is 59.7 Å². The zero-order chi connectivity index (χ0) is 16.3. The molecule has 2 aromatic carbocycles. The zero-order valence-electron chi connectivity index (χ0n) is 14.3. The maximum absolute atomic E-state index is 5.44. The van der Waals surface area contributed by atoms with Gasteiger partial charge in [0.05, 0.1) is 12.3 Å². The first-order valence-electron chi connectivity index (χ1n) is 8.67. The van der Waals surface area contributed by atoms with Crippen molar-refractivity contribution in [2.45, 2.75) is 46.0 Å². The van der Waals surface area contributed by atoms with E-state index in [0.29, 0.717) is 6.61 Å². The van der Waals surface area contributed by atoms with E-state index in [4.69, 9.17) is 4.74 Å². The Bertz CT molecular complexity index is 584. The fraction of sp³-hybridized carbons (Fsp3) is 0.381. The molecular formula is C21H27NO. The molecule has 0 unspecified atom stereocenters. The average molecular weight is 309 g/mol. The molecule has 0 aliphatic rings. The van der Waals surface area contributed by atoms with Crippen LogP contribution in [-0.4, -0.2) is 12.8 Å². The monoisotopic (exact) mass is 309 g/mol. The molecule has 2 aromatic rings. The third-order valence-corrected chi connectivity index (χ3v) is 3.81. The number of ether oxygens (including phenoxy) is 1. The minimum Gasteiger partial charge on any atom is -0.494 e. The van der Waals surface area contributed by atoms with Crippen LogP contribution in [0.2, 0.25) is 0 Å². The number of aliphatic imine (C=N–C) groups is 1. The summed E-state index contributed by atoms with van der Waals surface area (Å²) in [5.41, 5.74) is 3.48. The van der Waals surface area contributed by atoms with E-state index in [0.717, 1.165) is 17.0 Å². The Hall–Kier alpha value is -2.09. The second-order valence-corrected chi connectivity index (χ2v) is 5.74. The third-order valence-electron chi connectivity index (χ3n) is 3.81. The van der Waals surface area contributed by atoms with E-state index < -0.39 is 0 Å². The maximum atomic E-state index is 5.44. The van der Waals surface area contributed by atoms with Crippen LogP contribution in [0.4, 0.5) is 5.69 Å². The van der Waals surface area contributed by atoms with Crippen LogP contribution >= 0.6 is 0 Å². The van der Waals surface area contributed by atoms with Crippen LogP contribution in [-0.2, 0) is 6.42 Å². The average Bonchev–Trinajstić information content (AvgIpc) is 2.59. The molecule has 122 valence electrons. The second-order valence-electron chi connectivity index (χ2n) is 5.74. The second kappa shape index (κ2) is 9.83. The van der Waals surface area contributed by atoms with E-state index in [9.17, 15) is 0 Å². The predicted octanol–water partition coefficient (Wildman–Crippen LogP) is 5.96. The minimum absolute atomic E-state index is 0.693. The molecule has 0 saturated carbocycles. The van der Waals surface area contributed by atoms with Gasteiger partial charge >= 0.3 is 0 Å². The largest absolute Gasteiger partial charge is 0.494 e. The van der Waals surface area contributed by atoms with Gasteiger partial charge in [-0.3, -0.25) is 4.99 Å². The third kappa shape index (κ3) is 6.27. The lowest BCUT2D eigenvalue weighted by Crippen LogP contribution is -1.91. The molecule has 0 aliphatic carbocycles. The topological polar surface area (TPSA) is 21.6 Å². The maximum Gasteiger partial charge on any atom is 0.119 e. The normalized spacial score (nSPS) is 11.0. The van der Waals surface area contributed by atoms with Crippen LogP contribution in [0, 0.1) is 0 Å². The van der Waals surface area contributed by atoms with Gasteiger partial charge in [-0.15, -0.1) is 0 Å². The van der Waals surface area contributed by atoms with Crippen molar-refractivity contribution in [3.8, 4) is 5.75 Å². The molecule has 0 amide bonds. The minimum atomic E-state index is 0.693. The van der Waals surface area contributed by atoms with Gasteiger partial charge in [-0.05, 0) is 67.3 Å². The zero-order valence-corrected chi connectivity index (χ0v) is 14.3. The van der Waals surface area contributed by atoms with Crippen molar-refractivity contribution >= 4 is 11.9 Å². The molecule has 0 spiro atoms. The lowest BCUT2D eigenvalue weighted by atomic mass is 10.1. The summed E-state index contributed by atoms with van der Waals surface area (Å²) in [6.07, 6.45) is 8.30. The SMILES string of the molecule is CCCCCCc1ccc(/N=C/c2ccc(OCC)cc2)cc1. The Balaban J connectivity index is 1.87. The van der Waals surface area contributed by atoms with E-state index in [1.807, 2.05) is 37.4 Å². The quantitative estimate of drug-likeness (QED) is 0.414. The van der Waals surface area contributed by atoms with Crippen molar-refractivity contribution in [2.24, 2.45) is 4.99 Å². The lowest BCUT2D eigenvalue weighted by molar-refractivity contribution is 0.340. The Morgan fingerprint density at radius 1 is 0.870 bits per heavy atom. The van der Waals surface area contributed by atoms with Crippen molar-refractivity contribution in [2.75, 3.05) is 6.61 Å². The molecule has 2 heteroatoms. The number of aryl methyl sites for hydroxylation is 1. The number of unbranched alkanes of at least 4 members (excludes halogenated alkanes) is 3. The lowest BCUT2D eigenvalue weighted by Gasteiger charge is -2.03. The van der Waals surface area contributed by atoms with Gasteiger partial charge in [-0.25, -0.2) is 0 Å². The van der Waals surface area contributed by atoms with Gasteiger partial charge in [-0.1, -0.05) is 38.3 Å². The summed E-state index contributed by atoms with van der Waals surface area (Å²) >= 11 is 0. The van der Waals surface area contributed by atoms with Crippen LogP contribution in [0.3, 0.4) is 0 Å². The van der Waals surface area contributed by atoms with E-state index in [1.54, 1.807) is 0 Å². The van der Waals surface area contributed by atoms with Crippen LogP contribution < -0.4 is 4.74 Å². The molecule has 23 heavy (non-hydrogen) atoms. The molecule has 0 saturated heterocycles. The van der Waals surface area contributed by atoms with Crippen molar-refractivity contribution in [1.29, 1.82) is 0 Å². The number of hydrogen-bond acceptors (Lipinski definition) is 2. The highest BCUT2D eigenvalue weighted by Crippen LogP contribution is 2.16. The van der Waals surface area contributed by atoms with E-state index in [1.165, 1.54) is 37.7 Å². The van der Waals surface area contributed by atoms with Crippen LogP contribution in [0.1, 0.15) is 50.7 Å². The first-order chi connectivity index (χ1) is 11.3. The molecule has 0 fully saturated rings. The molecule has 0 bridgehead atoms. The Morgan fingerprint density at radius 3 is 2.26 bits per heavy atom. The van der Waals surface area contributed by atoms with E-state index >= 15 is 0 Å². The highest BCUT2D eigenvalue weighted by Gasteiger charge is 1.95. The Labute approximate surface area is 140 Å². The molecule has 2 nitrogen and oxygen atoms in total. The van der Waals surface area contributed by atoms with Crippen LogP contribution in [0.15, 0.2) is 53.5 Å². The summed E-state index contributed by atoms with van der Waals surface area (Å²) < 4.78 is 5.44. The molecule has 0 atom stereocenters. The van der Waals surface area contributed by atoms with E-state index in [-0.39, 0.29) is 0 Å². The van der Waals surface area contributed by atoms with Gasteiger partial charge in [0.25, 0.3) is 0 Å². The smallest absolute Gasteiger partial charge is 0.119 e. The molecule has 0 N–H and O–H groups in total. The molecule has 2 rings (SSSR count). The molecular weight excluding hydrogens is 282 g/mol. The number of benzene rings is 2. The van der Waals surface area contributed by atoms with Gasteiger partial charge in [0.1, 0.15) is 5.75 Å². The summed E-state index contributed by atoms with van der Waals surface area (Å²) in [6.45, 7) is 4.93. The summed E-state index contributed by atoms with van der Waals surface area (Å²) in [6, 6.07) is 16.6. The highest BCUT2D eigenvalue weighted by molar-refractivity contribution is 5.82. The summed E-state index contributed by atoms with van der Waals surface area (Å²) in [4.78, 5) is 4.54. The standard InChI is InChI=1S/C21H27NO/c1-3-5-6-7-8-18-9-13-20(14-10-18)22-17-19-11-15-21(16-12-19)23-4-2/h9-17H,3-8H2,1-2H3/b22-17+. The Morgan fingerprint density at radius 2 is 1.61 bits per heavy atom. The molecule has 0 radical (unpaired) electrons. The van der Waals surface area contributed by atoms with Crippen LogP contribution in [0.25, 0.3) is 0 Å². The highest BCUT2D eigenvalue weighted by atomic mass is 16.5. The van der Waals surface area contributed by atoms with Crippen molar-refractivity contribution in [1.82, 2.24) is 0 Å². The van der Waals surface area contributed by atoms with E-state index in [2.05, 4.69) is 36.2 Å². The summed E-state index contributed by atoms with van der Waals surface area (Å²) in [5.74, 6) is 0.900. The molecule has 0 aromatic heterocycles. The fourth-order valence-corrected chi connectivity index (χ4v) is 2.47. The Kier molecular flexibility index (Phi) is 7.38. The fourth-order valence-electron chi connectivity index (χ4n) is 2.47. The molecule has 0 heterocycles. The number of hydrogen-bond donors (Lipinski definition) is 0. The van der Waals surface area contributed by atoms with Crippen molar-refractivity contribution < 1.29 is 4.74 Å². The summed E-state index contributed by atoms with van der Waals surface area (Å²) in [7, 11) is 0. The van der Waals surface area contributed by atoms with Gasteiger partial charge in [0.15, 0.2) is 0 Å². The van der Waals surface area contributed by atoms with Crippen LogP contribution in [0.5, 0.6) is 5.75 Å².